The fourth-order valence-corrected chi connectivity index (χ4v) is 4.90. The van der Waals surface area contributed by atoms with E-state index in [1.165, 1.54) is 41.2 Å². The smallest absolute Gasteiger partial charge is 0.411 e. The Labute approximate surface area is 260 Å². The Morgan fingerprint density at radius 3 is 2.69 bits per heavy atom. The van der Waals surface area contributed by atoms with Gasteiger partial charge in [0.2, 0.25) is 11.8 Å². The van der Waals surface area contributed by atoms with Crippen molar-refractivity contribution in [3.8, 4) is 16.8 Å². The number of tetrazole rings is 1. The molecule has 14 nitrogen and oxygen atoms in total. The first-order valence-corrected chi connectivity index (χ1v) is 14.1. The summed E-state index contributed by atoms with van der Waals surface area (Å²) in [6.07, 6.45) is 2.39. The van der Waals surface area contributed by atoms with E-state index < -0.39 is 29.8 Å². The van der Waals surface area contributed by atoms with Gasteiger partial charge in [0, 0.05) is 28.9 Å². The molecule has 1 aliphatic rings. The van der Waals surface area contributed by atoms with Gasteiger partial charge in [-0.15, -0.1) is 5.10 Å². The van der Waals surface area contributed by atoms with E-state index in [4.69, 9.17) is 11.6 Å². The number of amides is 3. The summed E-state index contributed by atoms with van der Waals surface area (Å²) in [5.74, 6) is -0.957. The van der Waals surface area contributed by atoms with Crippen molar-refractivity contribution in [3.63, 3.8) is 0 Å². The van der Waals surface area contributed by atoms with Crippen LogP contribution in [0.5, 0.6) is 0 Å². The summed E-state index contributed by atoms with van der Waals surface area (Å²) in [7, 11) is 1.24. The number of rotatable bonds is 9. The third-order valence-electron chi connectivity index (χ3n) is 6.99. The zero-order valence-electron chi connectivity index (χ0n) is 23.8. The Balaban J connectivity index is 1.41. The van der Waals surface area contributed by atoms with Gasteiger partial charge in [-0.05, 0) is 64.9 Å². The Morgan fingerprint density at radius 2 is 2.00 bits per heavy atom. The summed E-state index contributed by atoms with van der Waals surface area (Å²) < 4.78 is 19.9. The summed E-state index contributed by atoms with van der Waals surface area (Å²) in [4.78, 5) is 52.0. The van der Waals surface area contributed by atoms with Gasteiger partial charge in [0.1, 0.15) is 12.5 Å². The number of hydrogen-bond acceptors (Lipinski definition) is 9. The predicted octanol–water partition coefficient (Wildman–Crippen LogP) is 3.08. The van der Waals surface area contributed by atoms with Crippen LogP contribution in [0.4, 0.5) is 14.9 Å². The van der Waals surface area contributed by atoms with Gasteiger partial charge in [0.25, 0.3) is 5.56 Å². The van der Waals surface area contributed by atoms with Crippen LogP contribution in [0.2, 0.25) is 5.02 Å². The largest absolute Gasteiger partial charge is 0.453 e. The van der Waals surface area contributed by atoms with E-state index in [2.05, 4.69) is 41.1 Å². The average molecular weight is 636 g/mol. The highest BCUT2D eigenvalue weighted by Gasteiger charge is 2.29. The number of anilines is 1. The summed E-state index contributed by atoms with van der Waals surface area (Å²) >= 11 is 6.18. The molecular weight excluding hydrogens is 609 g/mol. The summed E-state index contributed by atoms with van der Waals surface area (Å²) in [5, 5.41) is 23.4. The number of alkyl halides is 1. The molecule has 2 aromatic carbocycles. The summed E-state index contributed by atoms with van der Waals surface area (Å²) in [5.41, 5.74) is 1.93. The number of halogens is 2. The number of methoxy groups -OCH3 is 1. The molecule has 0 aliphatic carbocycles. The van der Waals surface area contributed by atoms with Crippen LogP contribution in [0.1, 0.15) is 30.1 Å². The van der Waals surface area contributed by atoms with Gasteiger partial charge in [-0.3, -0.25) is 19.7 Å². The molecule has 2 atom stereocenters. The third-order valence-corrected chi connectivity index (χ3v) is 7.22. The number of aromatic amines is 1. The van der Waals surface area contributed by atoms with Crippen LogP contribution in [0.25, 0.3) is 22.9 Å². The Hall–Kier alpha value is -5.44. The van der Waals surface area contributed by atoms with Crippen molar-refractivity contribution in [1.29, 1.82) is 0 Å². The van der Waals surface area contributed by atoms with Gasteiger partial charge in [-0.2, -0.15) is 9.78 Å². The van der Waals surface area contributed by atoms with Crippen molar-refractivity contribution < 1.29 is 23.5 Å². The lowest BCUT2D eigenvalue weighted by Crippen LogP contribution is -2.36. The normalized spacial score (nSPS) is 15.2. The molecule has 2 unspecified atom stereocenters. The Kier molecular flexibility index (Phi) is 9.57. The molecule has 3 amide bonds. The van der Waals surface area contributed by atoms with Crippen molar-refractivity contribution in [1.82, 2.24) is 40.6 Å². The fraction of sp³-hybridized carbons (Fsp3) is 0.241. The predicted molar refractivity (Wildman–Crippen MR) is 161 cm³/mol. The number of H-pyrrole nitrogens is 1. The lowest BCUT2D eigenvalue weighted by molar-refractivity contribution is -0.131. The van der Waals surface area contributed by atoms with Crippen LogP contribution in [0.15, 0.2) is 65.7 Å². The summed E-state index contributed by atoms with van der Waals surface area (Å²) in [6, 6.07) is 11.8. The van der Waals surface area contributed by atoms with Crippen LogP contribution < -0.4 is 16.2 Å². The molecule has 2 aromatic heterocycles. The van der Waals surface area contributed by atoms with Gasteiger partial charge in [0.15, 0.2) is 0 Å². The van der Waals surface area contributed by atoms with Crippen molar-refractivity contribution in [3.05, 3.63) is 87.6 Å². The molecule has 16 heteroatoms. The zero-order valence-corrected chi connectivity index (χ0v) is 24.6. The van der Waals surface area contributed by atoms with Crippen LogP contribution in [0, 0.1) is 0 Å². The monoisotopic (exact) mass is 635 g/mol. The van der Waals surface area contributed by atoms with E-state index >= 15 is 0 Å². The van der Waals surface area contributed by atoms with Crippen molar-refractivity contribution >= 4 is 41.3 Å². The van der Waals surface area contributed by atoms with Gasteiger partial charge >= 0.3 is 6.09 Å². The molecule has 3 N–H and O–H groups in total. The number of benzene rings is 2. The second kappa shape index (κ2) is 13.9. The molecule has 0 bridgehead atoms. The highest BCUT2D eigenvalue weighted by molar-refractivity contribution is 6.30. The first-order valence-electron chi connectivity index (χ1n) is 13.7. The average Bonchev–Trinajstić information content (AvgIpc) is 3.73. The number of nitrogens with one attached hydrogen (secondary N) is 3. The number of ether oxygens (including phenoxy) is 1. The van der Waals surface area contributed by atoms with Crippen molar-refractivity contribution in [2.75, 3.05) is 25.5 Å². The zero-order chi connectivity index (χ0) is 31.9. The minimum atomic E-state index is -1.12. The van der Waals surface area contributed by atoms with Crippen LogP contribution >= 0.6 is 11.6 Å². The standard InChI is InChI=1S/C29H27ClFN9O5/c1-45-29(44)33-21-6-2-17(3-7-21)22-13-24(35-36-28(22)43)23(14-27(42)39-11-10-20(31)15-39)34-26(41)9-4-18-12-19(30)5-8-25(18)40-16-32-37-38-40/h2-9,12-13,16,20,23H,10-11,14-15H2,1H3,(H,33,44)(H,34,41)(H,36,43)/b9-4+. The summed E-state index contributed by atoms with van der Waals surface area (Å²) in [6.45, 7) is 0.218. The highest BCUT2D eigenvalue weighted by Crippen LogP contribution is 2.24. The van der Waals surface area contributed by atoms with Gasteiger partial charge in [-0.25, -0.2) is 14.3 Å². The van der Waals surface area contributed by atoms with Gasteiger partial charge in [-0.1, -0.05) is 23.7 Å². The number of hydrogen-bond donors (Lipinski definition) is 3. The van der Waals surface area contributed by atoms with Crippen molar-refractivity contribution in [2.45, 2.75) is 25.1 Å². The first kappa shape index (κ1) is 31.0. The van der Waals surface area contributed by atoms with Crippen LogP contribution in [-0.4, -0.2) is 79.6 Å². The molecule has 0 spiro atoms. The van der Waals surface area contributed by atoms with E-state index in [0.717, 1.165) is 0 Å². The van der Waals surface area contributed by atoms with Crippen LogP contribution in [0.3, 0.4) is 0 Å². The number of carbonyl (C=O) groups is 3. The lowest BCUT2D eigenvalue weighted by atomic mass is 10.0. The first-order chi connectivity index (χ1) is 21.7. The quantitative estimate of drug-likeness (QED) is 0.233. The number of aromatic nitrogens is 6. The van der Waals surface area contributed by atoms with E-state index in [1.54, 1.807) is 42.5 Å². The molecule has 0 radical (unpaired) electrons. The number of likely N-dealkylation sites (tertiary alicyclic amines) is 1. The fourth-order valence-electron chi connectivity index (χ4n) is 4.72. The number of nitrogens with zero attached hydrogens (tertiary/aromatic N) is 6. The molecule has 45 heavy (non-hydrogen) atoms. The third kappa shape index (κ3) is 7.75. The van der Waals surface area contributed by atoms with E-state index in [-0.39, 0.29) is 43.1 Å². The molecule has 1 fully saturated rings. The van der Waals surface area contributed by atoms with Crippen LogP contribution in [-0.2, 0) is 14.3 Å². The molecule has 232 valence electrons. The highest BCUT2D eigenvalue weighted by atomic mass is 35.5. The topological polar surface area (TPSA) is 177 Å². The molecule has 0 saturated carbocycles. The Bertz CT molecular complexity index is 1780. The SMILES string of the molecule is COC(=O)Nc1ccc(-c2cc(C(CC(=O)N3CCC(F)C3)NC(=O)/C=C/c3cc(Cl)ccc3-n3cnnn3)n[nH]c2=O)cc1. The molecule has 3 heterocycles. The maximum atomic E-state index is 13.9. The second-order valence-electron chi connectivity index (χ2n) is 10.0. The molecule has 1 aliphatic heterocycles. The minimum absolute atomic E-state index is 0.0374. The molecule has 1 saturated heterocycles. The van der Waals surface area contributed by atoms with E-state index in [0.29, 0.717) is 27.5 Å². The van der Waals surface area contributed by atoms with Gasteiger partial charge < -0.3 is 15.0 Å². The molecular formula is C29H27ClFN9O5. The lowest BCUT2D eigenvalue weighted by Gasteiger charge is -2.21. The number of carbonyl (C=O) groups excluding carboxylic acids is 3. The Morgan fingerprint density at radius 1 is 1.20 bits per heavy atom. The minimum Gasteiger partial charge on any atom is -0.453 e. The molecule has 5 rings (SSSR count). The molecule has 4 aromatic rings. The van der Waals surface area contributed by atoms with E-state index in [1.807, 2.05) is 0 Å². The van der Waals surface area contributed by atoms with Crippen molar-refractivity contribution in [2.24, 2.45) is 0 Å². The van der Waals surface area contributed by atoms with Gasteiger partial charge in [0.05, 0.1) is 43.1 Å². The second-order valence-corrected chi connectivity index (χ2v) is 10.4. The maximum absolute atomic E-state index is 13.9. The van der Waals surface area contributed by atoms with E-state index in [9.17, 15) is 23.6 Å². The maximum Gasteiger partial charge on any atom is 0.411 e.